The predicted octanol–water partition coefficient (Wildman–Crippen LogP) is 4.00. The van der Waals surface area contributed by atoms with Crippen LogP contribution in [0.3, 0.4) is 0 Å². The molecule has 0 aliphatic carbocycles. The molecule has 2 heteroatoms. The van der Waals surface area contributed by atoms with Crippen LogP contribution in [0.25, 0.3) is 5.70 Å². The molecular formula is C21H28N2. The molecule has 4 atom stereocenters. The molecule has 3 fully saturated rings. The monoisotopic (exact) mass is 308 g/mol. The molecule has 0 radical (unpaired) electrons. The van der Waals surface area contributed by atoms with Gasteiger partial charge in [0.1, 0.15) is 0 Å². The van der Waals surface area contributed by atoms with Crippen molar-refractivity contribution in [3.8, 4) is 0 Å². The van der Waals surface area contributed by atoms with Gasteiger partial charge in [-0.3, -0.25) is 4.90 Å². The van der Waals surface area contributed by atoms with Crippen LogP contribution in [0.1, 0.15) is 44.1 Å². The third-order valence-electron chi connectivity index (χ3n) is 6.84. The first-order chi connectivity index (χ1) is 11.4. The van der Waals surface area contributed by atoms with E-state index in [1.54, 1.807) is 0 Å². The molecule has 2 bridgehead atoms. The number of fused-ring (bicyclic) bond motifs is 6. The van der Waals surface area contributed by atoms with Gasteiger partial charge in [-0.1, -0.05) is 42.8 Å². The van der Waals surface area contributed by atoms with E-state index in [0.29, 0.717) is 0 Å². The molecule has 23 heavy (non-hydrogen) atoms. The summed E-state index contributed by atoms with van der Waals surface area (Å²) in [5, 5.41) is 0. The van der Waals surface area contributed by atoms with Crippen molar-refractivity contribution >= 4 is 5.70 Å². The summed E-state index contributed by atoms with van der Waals surface area (Å²) in [6, 6.07) is 12.8. The van der Waals surface area contributed by atoms with Crippen LogP contribution >= 0.6 is 0 Å². The van der Waals surface area contributed by atoms with E-state index in [0.717, 1.165) is 23.9 Å². The second kappa shape index (κ2) is 5.66. The van der Waals surface area contributed by atoms with Crippen molar-refractivity contribution < 1.29 is 0 Å². The first-order valence-electron chi connectivity index (χ1n) is 9.66. The van der Waals surface area contributed by atoms with Crippen LogP contribution in [0.15, 0.2) is 36.4 Å². The van der Waals surface area contributed by atoms with Crippen LogP contribution in [0.4, 0.5) is 0 Å². The van der Waals surface area contributed by atoms with Gasteiger partial charge in [-0.2, -0.15) is 0 Å². The fraction of sp³-hybridized carbons (Fsp3) is 0.619. The van der Waals surface area contributed by atoms with Crippen LogP contribution in [0, 0.1) is 11.8 Å². The number of allylic oxidation sites excluding steroid dienone is 1. The van der Waals surface area contributed by atoms with Crippen molar-refractivity contribution in [2.75, 3.05) is 19.6 Å². The largest absolute Gasteiger partial charge is 0.368 e. The molecule has 1 aromatic rings. The van der Waals surface area contributed by atoms with E-state index in [4.69, 9.17) is 0 Å². The topological polar surface area (TPSA) is 6.48 Å². The molecule has 3 saturated heterocycles. The Morgan fingerprint density at radius 2 is 1.74 bits per heavy atom. The van der Waals surface area contributed by atoms with Crippen molar-refractivity contribution in [1.29, 1.82) is 0 Å². The molecule has 0 N–H and O–H groups in total. The van der Waals surface area contributed by atoms with Crippen LogP contribution in [0.5, 0.6) is 0 Å². The number of hydrogen-bond acceptors (Lipinski definition) is 2. The second-order valence-corrected chi connectivity index (χ2v) is 8.07. The molecule has 4 aliphatic heterocycles. The average Bonchev–Trinajstić information content (AvgIpc) is 2.62. The maximum atomic E-state index is 2.86. The van der Waals surface area contributed by atoms with Crippen molar-refractivity contribution in [3.63, 3.8) is 0 Å². The molecule has 0 amide bonds. The zero-order valence-electron chi connectivity index (χ0n) is 14.0. The number of piperidine rings is 3. The van der Waals surface area contributed by atoms with Gasteiger partial charge in [-0.15, -0.1) is 0 Å². The summed E-state index contributed by atoms with van der Waals surface area (Å²) in [5.41, 5.74) is 2.96. The Hall–Kier alpha value is -1.28. The molecule has 0 unspecified atom stereocenters. The van der Waals surface area contributed by atoms with E-state index in [2.05, 4.69) is 46.2 Å². The van der Waals surface area contributed by atoms with E-state index in [1.165, 1.54) is 69.4 Å². The third kappa shape index (κ3) is 2.34. The van der Waals surface area contributed by atoms with E-state index in [1.807, 2.05) is 0 Å². The highest BCUT2D eigenvalue weighted by Crippen LogP contribution is 2.45. The Balaban J connectivity index is 1.46. The summed E-state index contributed by atoms with van der Waals surface area (Å²) < 4.78 is 0. The Labute approximate surface area is 140 Å². The maximum Gasteiger partial charge on any atom is 0.0402 e. The third-order valence-corrected chi connectivity index (χ3v) is 6.84. The van der Waals surface area contributed by atoms with Crippen LogP contribution in [-0.2, 0) is 0 Å². The number of benzene rings is 1. The van der Waals surface area contributed by atoms with E-state index in [-0.39, 0.29) is 0 Å². The molecule has 2 nitrogen and oxygen atoms in total. The fourth-order valence-corrected chi connectivity index (χ4v) is 5.89. The Morgan fingerprint density at radius 1 is 0.870 bits per heavy atom. The van der Waals surface area contributed by atoms with Crippen LogP contribution in [-0.4, -0.2) is 41.5 Å². The lowest BCUT2D eigenvalue weighted by atomic mass is 9.71. The number of hydrogen-bond donors (Lipinski definition) is 0. The molecule has 0 spiro atoms. The summed E-state index contributed by atoms with van der Waals surface area (Å²) in [6.45, 7) is 4.03. The highest BCUT2D eigenvalue weighted by Gasteiger charge is 2.46. The molecule has 122 valence electrons. The van der Waals surface area contributed by atoms with Gasteiger partial charge in [0.15, 0.2) is 0 Å². The summed E-state index contributed by atoms with van der Waals surface area (Å²) in [7, 11) is 0. The quantitative estimate of drug-likeness (QED) is 0.774. The molecule has 4 aliphatic rings. The summed E-state index contributed by atoms with van der Waals surface area (Å²) in [5.74, 6) is 1.80. The first-order valence-corrected chi connectivity index (χ1v) is 9.66. The van der Waals surface area contributed by atoms with Gasteiger partial charge in [0.2, 0.25) is 0 Å². The Morgan fingerprint density at radius 3 is 2.65 bits per heavy atom. The lowest BCUT2D eigenvalue weighted by Gasteiger charge is -2.57. The second-order valence-electron chi connectivity index (χ2n) is 8.07. The molecule has 0 aromatic heterocycles. The zero-order chi connectivity index (χ0) is 15.2. The van der Waals surface area contributed by atoms with Crippen molar-refractivity contribution in [2.24, 2.45) is 11.8 Å². The van der Waals surface area contributed by atoms with Gasteiger partial charge in [-0.25, -0.2) is 0 Å². The van der Waals surface area contributed by atoms with Gasteiger partial charge in [0.05, 0.1) is 0 Å². The van der Waals surface area contributed by atoms with Gasteiger partial charge < -0.3 is 4.90 Å². The Bertz CT molecular complexity index is 593. The Kier molecular flexibility index (Phi) is 3.47. The summed E-state index contributed by atoms with van der Waals surface area (Å²) in [4.78, 5) is 5.67. The maximum absolute atomic E-state index is 2.86. The molecule has 1 aromatic carbocycles. The first kappa shape index (κ1) is 14.1. The smallest absolute Gasteiger partial charge is 0.0402 e. The van der Waals surface area contributed by atoms with E-state index >= 15 is 0 Å². The minimum atomic E-state index is 0.786. The average molecular weight is 308 g/mol. The standard InChI is InChI=1S/C21H28N2/c1-2-7-16(8-3-1)20-10-6-11-21-17-13-18(15-23(20)21)19-9-4-5-12-22(19)14-17/h1-3,7-8,10,17-19,21H,4-6,9,11-15H2/t17-,18-,19-,21+/m0/s1. The summed E-state index contributed by atoms with van der Waals surface area (Å²) >= 11 is 0. The zero-order valence-corrected chi connectivity index (χ0v) is 14.0. The minimum absolute atomic E-state index is 0.786. The lowest BCUT2D eigenvalue weighted by Crippen LogP contribution is -2.62. The summed E-state index contributed by atoms with van der Waals surface area (Å²) in [6.07, 6.45) is 10.9. The highest BCUT2D eigenvalue weighted by molar-refractivity contribution is 5.65. The number of rotatable bonds is 1. The minimum Gasteiger partial charge on any atom is -0.368 e. The van der Waals surface area contributed by atoms with E-state index in [9.17, 15) is 0 Å². The molecule has 4 heterocycles. The SMILES string of the molecule is C1=C(c2ccccc2)N2C[C@@H]3C[C@@H](CN4CCCC[C@@H]34)[C@H]2CC1. The lowest BCUT2D eigenvalue weighted by molar-refractivity contribution is -0.0456. The highest BCUT2D eigenvalue weighted by atomic mass is 15.3. The fourth-order valence-electron chi connectivity index (χ4n) is 5.89. The van der Waals surface area contributed by atoms with Crippen LogP contribution in [0.2, 0.25) is 0 Å². The van der Waals surface area contributed by atoms with Crippen molar-refractivity contribution in [2.45, 2.75) is 50.6 Å². The van der Waals surface area contributed by atoms with E-state index < -0.39 is 0 Å². The van der Waals surface area contributed by atoms with Crippen molar-refractivity contribution in [3.05, 3.63) is 42.0 Å². The van der Waals surface area contributed by atoms with Gasteiger partial charge >= 0.3 is 0 Å². The predicted molar refractivity (Wildman–Crippen MR) is 95.0 cm³/mol. The van der Waals surface area contributed by atoms with Gasteiger partial charge in [-0.05, 0) is 56.0 Å². The van der Waals surface area contributed by atoms with Crippen LogP contribution < -0.4 is 0 Å². The molecular weight excluding hydrogens is 280 g/mol. The normalized spacial score (nSPS) is 36.9. The van der Waals surface area contributed by atoms with Gasteiger partial charge in [0, 0.05) is 30.9 Å². The molecule has 0 saturated carbocycles. The molecule has 5 rings (SSSR count). The number of nitrogens with zero attached hydrogens (tertiary/aromatic N) is 2. The van der Waals surface area contributed by atoms with Gasteiger partial charge in [0.25, 0.3) is 0 Å². The van der Waals surface area contributed by atoms with Crippen molar-refractivity contribution in [1.82, 2.24) is 9.80 Å².